The number of nitrogens with zero attached hydrogens (tertiary/aromatic N) is 5. The van der Waals surface area contributed by atoms with E-state index in [1.54, 1.807) is 10.7 Å². The monoisotopic (exact) mass is 576 g/mol. The quantitative estimate of drug-likeness (QED) is 0.190. The first kappa shape index (κ1) is 28.1. The molecule has 41 heavy (non-hydrogen) atoms. The van der Waals surface area contributed by atoms with E-state index in [-0.39, 0.29) is 12.4 Å². The Morgan fingerprint density at radius 1 is 1.07 bits per heavy atom. The SMILES string of the molecule is CCc1c(NC(=O)OCCNCCS(C)(=O)=O)cn2ncnc(Nc3ccc4c(cnn4Cc4ccccc4)c3)c12. The number of rotatable bonds is 12. The third-order valence-corrected chi connectivity index (χ3v) is 7.46. The number of hydrogen-bond acceptors (Lipinski definition) is 9. The van der Waals surface area contributed by atoms with E-state index in [9.17, 15) is 13.2 Å². The molecule has 5 aromatic rings. The molecule has 0 fully saturated rings. The fourth-order valence-electron chi connectivity index (χ4n) is 4.56. The van der Waals surface area contributed by atoms with Crippen LogP contribution < -0.4 is 16.0 Å². The second-order valence-electron chi connectivity index (χ2n) is 9.60. The number of hydrogen-bond donors (Lipinski definition) is 3. The van der Waals surface area contributed by atoms with Gasteiger partial charge in [0, 0.05) is 36.0 Å². The minimum absolute atomic E-state index is 0.0273. The van der Waals surface area contributed by atoms with Gasteiger partial charge < -0.3 is 15.4 Å². The van der Waals surface area contributed by atoms with Gasteiger partial charge >= 0.3 is 6.09 Å². The van der Waals surface area contributed by atoms with E-state index < -0.39 is 15.9 Å². The number of amides is 1. The fourth-order valence-corrected chi connectivity index (χ4v) is 5.07. The molecule has 13 heteroatoms. The summed E-state index contributed by atoms with van der Waals surface area (Å²) in [6.45, 7) is 3.41. The molecule has 0 atom stereocenters. The van der Waals surface area contributed by atoms with Gasteiger partial charge in [-0.25, -0.2) is 22.7 Å². The third kappa shape index (κ3) is 6.99. The van der Waals surface area contributed by atoms with Crippen LogP contribution in [0.5, 0.6) is 0 Å². The van der Waals surface area contributed by atoms with Crippen molar-refractivity contribution < 1.29 is 17.9 Å². The van der Waals surface area contributed by atoms with Crippen LogP contribution in [0.2, 0.25) is 0 Å². The number of carbonyl (C=O) groups is 1. The van der Waals surface area contributed by atoms with Crippen LogP contribution in [0.1, 0.15) is 18.1 Å². The fraction of sp³-hybridized carbons (Fsp3) is 0.286. The Hall–Kier alpha value is -4.49. The highest BCUT2D eigenvalue weighted by Crippen LogP contribution is 2.30. The lowest BCUT2D eigenvalue weighted by atomic mass is 10.2. The zero-order valence-corrected chi connectivity index (χ0v) is 23.7. The summed E-state index contributed by atoms with van der Waals surface area (Å²) in [7, 11) is -3.04. The van der Waals surface area contributed by atoms with Crippen molar-refractivity contribution in [3.8, 4) is 0 Å². The van der Waals surface area contributed by atoms with Gasteiger partial charge in [0.05, 0.1) is 35.9 Å². The molecule has 0 aliphatic carbocycles. The molecule has 3 N–H and O–H groups in total. The van der Waals surface area contributed by atoms with Crippen molar-refractivity contribution in [2.24, 2.45) is 0 Å². The molecule has 0 aliphatic rings. The molecule has 5 rings (SSSR count). The number of ether oxygens (including phenoxy) is 1. The standard InChI is InChI=1S/C28H32N8O4S/c1-3-23-24(34-28(37)40-13-11-29-12-14-41(2,38)39)18-36-26(23)27(30-19-32-36)33-22-9-10-25-21(15-22)16-31-35(25)17-20-7-5-4-6-8-20/h4-10,15-16,18-19,29H,3,11-14,17H2,1-2H3,(H,34,37)(H,30,32,33). The minimum atomic E-state index is -3.04. The first-order valence-electron chi connectivity index (χ1n) is 13.2. The molecule has 2 aromatic carbocycles. The summed E-state index contributed by atoms with van der Waals surface area (Å²) in [5.41, 5.74) is 5.22. The normalized spacial score (nSPS) is 11.7. The van der Waals surface area contributed by atoms with E-state index in [4.69, 9.17) is 4.74 Å². The molecule has 0 saturated carbocycles. The largest absolute Gasteiger partial charge is 0.448 e. The highest BCUT2D eigenvalue weighted by Gasteiger charge is 2.17. The molecule has 1 amide bonds. The smallest absolute Gasteiger partial charge is 0.411 e. The average molecular weight is 577 g/mol. The van der Waals surface area contributed by atoms with E-state index in [2.05, 4.69) is 43.3 Å². The van der Waals surface area contributed by atoms with Crippen LogP contribution in [0, 0.1) is 0 Å². The van der Waals surface area contributed by atoms with Gasteiger partial charge in [0.2, 0.25) is 0 Å². The lowest BCUT2D eigenvalue weighted by Gasteiger charge is -2.10. The van der Waals surface area contributed by atoms with Gasteiger partial charge in [-0.05, 0) is 30.2 Å². The summed E-state index contributed by atoms with van der Waals surface area (Å²) in [5, 5.41) is 19.0. The summed E-state index contributed by atoms with van der Waals surface area (Å²) >= 11 is 0. The topological polar surface area (TPSA) is 145 Å². The summed E-state index contributed by atoms with van der Waals surface area (Å²) in [6.07, 6.45) is 6.22. The second-order valence-corrected chi connectivity index (χ2v) is 11.9. The molecule has 3 heterocycles. The van der Waals surface area contributed by atoms with Crippen LogP contribution in [-0.2, 0) is 27.5 Å². The number of anilines is 3. The molecule has 0 aliphatic heterocycles. The van der Waals surface area contributed by atoms with Crippen LogP contribution in [0.15, 0.2) is 67.3 Å². The predicted octanol–water partition coefficient (Wildman–Crippen LogP) is 3.62. The zero-order chi connectivity index (χ0) is 28.8. The lowest BCUT2D eigenvalue weighted by molar-refractivity contribution is 0.162. The Bertz CT molecular complexity index is 1770. The van der Waals surface area contributed by atoms with Crippen molar-refractivity contribution in [3.63, 3.8) is 0 Å². The molecule has 0 unspecified atom stereocenters. The number of aryl methyl sites for hydroxylation is 1. The molecule has 12 nitrogen and oxygen atoms in total. The van der Waals surface area contributed by atoms with Gasteiger partial charge in [0.25, 0.3) is 0 Å². The Kier molecular flexibility index (Phi) is 8.45. The van der Waals surface area contributed by atoms with Crippen molar-refractivity contribution in [2.45, 2.75) is 19.9 Å². The first-order valence-corrected chi connectivity index (χ1v) is 15.3. The maximum absolute atomic E-state index is 12.4. The predicted molar refractivity (Wildman–Crippen MR) is 158 cm³/mol. The van der Waals surface area contributed by atoms with E-state index in [0.29, 0.717) is 37.6 Å². The van der Waals surface area contributed by atoms with E-state index in [1.165, 1.54) is 18.1 Å². The Balaban J connectivity index is 1.27. The van der Waals surface area contributed by atoms with Crippen LogP contribution in [0.25, 0.3) is 16.4 Å². The minimum Gasteiger partial charge on any atom is -0.448 e. The molecule has 214 valence electrons. The molecule has 0 bridgehead atoms. The maximum Gasteiger partial charge on any atom is 0.411 e. The molecule has 0 spiro atoms. The maximum atomic E-state index is 12.4. The van der Waals surface area contributed by atoms with Gasteiger partial charge in [-0.3, -0.25) is 10.00 Å². The van der Waals surface area contributed by atoms with Gasteiger partial charge in [-0.1, -0.05) is 37.3 Å². The van der Waals surface area contributed by atoms with Crippen LogP contribution in [-0.4, -0.2) is 70.6 Å². The molecule has 0 radical (unpaired) electrons. The molecular formula is C28H32N8O4S. The number of sulfone groups is 1. The van der Waals surface area contributed by atoms with Gasteiger partial charge in [-0.15, -0.1) is 0 Å². The third-order valence-electron chi connectivity index (χ3n) is 6.51. The summed E-state index contributed by atoms with van der Waals surface area (Å²) < 4.78 is 31.3. The van der Waals surface area contributed by atoms with Crippen molar-refractivity contribution in [3.05, 3.63) is 78.4 Å². The molecule has 3 aromatic heterocycles. The van der Waals surface area contributed by atoms with Crippen molar-refractivity contribution in [2.75, 3.05) is 42.3 Å². The number of nitrogens with one attached hydrogen (secondary N) is 3. The average Bonchev–Trinajstić information content (AvgIpc) is 3.51. The summed E-state index contributed by atoms with van der Waals surface area (Å²) in [4.78, 5) is 16.9. The Morgan fingerprint density at radius 3 is 2.68 bits per heavy atom. The Morgan fingerprint density at radius 2 is 1.90 bits per heavy atom. The highest BCUT2D eigenvalue weighted by molar-refractivity contribution is 7.90. The van der Waals surface area contributed by atoms with Crippen LogP contribution in [0.3, 0.4) is 0 Å². The number of fused-ring (bicyclic) bond motifs is 2. The zero-order valence-electron chi connectivity index (χ0n) is 22.9. The second kappa shape index (κ2) is 12.4. The summed E-state index contributed by atoms with van der Waals surface area (Å²) in [6, 6.07) is 16.2. The van der Waals surface area contributed by atoms with Crippen molar-refractivity contribution >= 4 is 49.5 Å². The molecular weight excluding hydrogens is 544 g/mol. The van der Waals surface area contributed by atoms with Crippen molar-refractivity contribution in [1.82, 2.24) is 29.7 Å². The van der Waals surface area contributed by atoms with Gasteiger partial charge in [0.1, 0.15) is 28.3 Å². The van der Waals surface area contributed by atoms with Crippen LogP contribution in [0.4, 0.5) is 22.0 Å². The van der Waals surface area contributed by atoms with E-state index in [1.807, 2.05) is 54.2 Å². The lowest BCUT2D eigenvalue weighted by Crippen LogP contribution is -2.27. The van der Waals surface area contributed by atoms with E-state index >= 15 is 0 Å². The number of benzene rings is 2. The van der Waals surface area contributed by atoms with Crippen LogP contribution >= 0.6 is 0 Å². The van der Waals surface area contributed by atoms with E-state index in [0.717, 1.165) is 27.7 Å². The first-order chi connectivity index (χ1) is 19.8. The number of aromatic nitrogens is 5. The van der Waals surface area contributed by atoms with Crippen molar-refractivity contribution in [1.29, 1.82) is 0 Å². The highest BCUT2D eigenvalue weighted by atomic mass is 32.2. The van der Waals surface area contributed by atoms with Gasteiger partial charge in [-0.2, -0.15) is 10.2 Å². The molecule has 0 saturated heterocycles. The Labute approximate surface area is 237 Å². The number of carbonyl (C=O) groups excluding carboxylic acids is 1. The van der Waals surface area contributed by atoms with Gasteiger partial charge in [0.15, 0.2) is 5.82 Å². The summed E-state index contributed by atoms with van der Waals surface area (Å²) in [5.74, 6) is 0.629.